The highest BCUT2D eigenvalue weighted by molar-refractivity contribution is 6.16. The van der Waals surface area contributed by atoms with Gasteiger partial charge in [0.15, 0.2) is 0 Å². The maximum absolute atomic E-state index is 13.1. The van der Waals surface area contributed by atoms with Crippen molar-refractivity contribution in [1.29, 1.82) is 0 Å². The molecule has 1 aliphatic carbocycles. The summed E-state index contributed by atoms with van der Waals surface area (Å²) in [5.74, 6) is -3.35. The maximum atomic E-state index is 13.1. The number of aromatic nitrogens is 2. The van der Waals surface area contributed by atoms with E-state index in [1.807, 2.05) is 0 Å². The zero-order valence-corrected chi connectivity index (χ0v) is 11.8. The minimum absolute atomic E-state index is 0.0219. The van der Waals surface area contributed by atoms with Crippen LogP contribution in [-0.4, -0.2) is 22.5 Å². The Labute approximate surface area is 127 Å². The lowest BCUT2D eigenvalue weighted by Gasteiger charge is -2.31. The van der Waals surface area contributed by atoms with Crippen molar-refractivity contribution in [3.05, 3.63) is 35.2 Å². The second-order valence-electron chi connectivity index (χ2n) is 4.99. The van der Waals surface area contributed by atoms with Crippen molar-refractivity contribution in [2.24, 2.45) is 5.92 Å². The van der Waals surface area contributed by atoms with Crippen LogP contribution in [0.4, 0.5) is 26.3 Å². The van der Waals surface area contributed by atoms with Gasteiger partial charge in [0.25, 0.3) is 0 Å². The zero-order chi connectivity index (χ0) is 16.5. The third-order valence-electron chi connectivity index (χ3n) is 3.54. The van der Waals surface area contributed by atoms with Crippen molar-refractivity contribution in [3.8, 4) is 0 Å². The molecule has 0 radical (unpaired) electrons. The number of halogens is 7. The summed E-state index contributed by atoms with van der Waals surface area (Å²) in [5, 5.41) is 7.34. The van der Waals surface area contributed by atoms with Gasteiger partial charge in [-0.15, -0.1) is 11.6 Å². The van der Waals surface area contributed by atoms with E-state index in [4.69, 9.17) is 11.6 Å². The van der Waals surface area contributed by atoms with Crippen LogP contribution in [0.15, 0.2) is 23.8 Å². The molecule has 1 aromatic heterocycles. The van der Waals surface area contributed by atoms with E-state index in [0.717, 1.165) is 0 Å². The molecule has 0 fully saturated rings. The molecule has 2 nitrogen and oxygen atoms in total. The van der Waals surface area contributed by atoms with Gasteiger partial charge >= 0.3 is 12.4 Å². The summed E-state index contributed by atoms with van der Waals surface area (Å²) in [5.41, 5.74) is -0.735. The van der Waals surface area contributed by atoms with E-state index in [9.17, 15) is 26.3 Å². The van der Waals surface area contributed by atoms with Gasteiger partial charge in [-0.05, 0) is 25.0 Å². The van der Waals surface area contributed by atoms with Crippen molar-refractivity contribution in [3.63, 3.8) is 0 Å². The number of hydrogen-bond acceptors (Lipinski definition) is 2. The lowest BCUT2D eigenvalue weighted by molar-refractivity contribution is -0.171. The molecule has 0 saturated heterocycles. The van der Waals surface area contributed by atoms with Crippen molar-refractivity contribution in [2.45, 2.75) is 37.0 Å². The molecule has 1 heterocycles. The molecular formula is C13H11ClF6N2. The molecule has 0 bridgehead atoms. The monoisotopic (exact) mass is 344 g/mol. The molecule has 0 spiro atoms. The van der Waals surface area contributed by atoms with Gasteiger partial charge in [0.05, 0.1) is 23.2 Å². The quantitative estimate of drug-likeness (QED) is 0.439. The third-order valence-corrected chi connectivity index (χ3v) is 3.81. The Morgan fingerprint density at radius 3 is 2.23 bits per heavy atom. The van der Waals surface area contributed by atoms with Crippen molar-refractivity contribution in [2.75, 3.05) is 0 Å². The third kappa shape index (κ3) is 3.71. The maximum Gasteiger partial charge on any atom is 0.412 e. The van der Waals surface area contributed by atoms with Crippen LogP contribution in [0, 0.1) is 5.92 Å². The molecule has 122 valence electrons. The average Bonchev–Trinajstić information content (AvgIpc) is 2.45. The zero-order valence-electron chi connectivity index (χ0n) is 11.0. The Bertz CT molecular complexity index is 549. The Balaban J connectivity index is 2.36. The van der Waals surface area contributed by atoms with Crippen LogP contribution < -0.4 is 0 Å². The SMILES string of the molecule is FC(F)(F)C1=CC(C(F)(F)F)C(c2ccc(CCl)nn2)CC1. The van der Waals surface area contributed by atoms with E-state index in [1.54, 1.807) is 0 Å². The van der Waals surface area contributed by atoms with E-state index < -0.39 is 36.2 Å². The van der Waals surface area contributed by atoms with Gasteiger partial charge in [-0.25, -0.2) is 0 Å². The van der Waals surface area contributed by atoms with Crippen molar-refractivity contribution >= 4 is 11.6 Å². The average molecular weight is 345 g/mol. The minimum atomic E-state index is -4.78. The molecule has 2 unspecified atom stereocenters. The van der Waals surface area contributed by atoms with Gasteiger partial charge in [-0.1, -0.05) is 6.08 Å². The van der Waals surface area contributed by atoms with E-state index in [1.165, 1.54) is 12.1 Å². The first-order valence-corrected chi connectivity index (χ1v) is 6.89. The fourth-order valence-corrected chi connectivity index (χ4v) is 2.58. The molecule has 1 aromatic rings. The van der Waals surface area contributed by atoms with Gasteiger partial charge in [-0.3, -0.25) is 0 Å². The van der Waals surface area contributed by atoms with Crippen LogP contribution >= 0.6 is 11.6 Å². The Kier molecular flexibility index (Phi) is 4.70. The second kappa shape index (κ2) is 6.06. The molecule has 22 heavy (non-hydrogen) atoms. The Hall–Kier alpha value is -1.31. The van der Waals surface area contributed by atoms with Crippen LogP contribution in [0.2, 0.25) is 0 Å². The van der Waals surface area contributed by atoms with Crippen molar-refractivity contribution < 1.29 is 26.3 Å². The van der Waals surface area contributed by atoms with Crippen molar-refractivity contribution in [1.82, 2.24) is 10.2 Å². The summed E-state index contributed by atoms with van der Waals surface area (Å²) in [6, 6.07) is 2.76. The number of nitrogens with zero attached hydrogens (tertiary/aromatic N) is 2. The normalized spacial score (nSPS) is 23.3. The smallest absolute Gasteiger partial charge is 0.170 e. The number of alkyl halides is 7. The second-order valence-corrected chi connectivity index (χ2v) is 5.25. The van der Waals surface area contributed by atoms with Gasteiger partial charge in [0.1, 0.15) is 0 Å². The van der Waals surface area contributed by atoms with Crippen LogP contribution in [0.3, 0.4) is 0 Å². The van der Waals surface area contributed by atoms with Gasteiger partial charge in [0, 0.05) is 11.5 Å². The first-order chi connectivity index (χ1) is 10.1. The van der Waals surface area contributed by atoms with Crippen LogP contribution in [0.1, 0.15) is 30.1 Å². The largest absolute Gasteiger partial charge is 0.412 e. The predicted molar refractivity (Wildman–Crippen MR) is 67.2 cm³/mol. The summed E-state index contributed by atoms with van der Waals surface area (Å²) in [4.78, 5) is 0. The minimum Gasteiger partial charge on any atom is -0.170 e. The fourth-order valence-electron chi connectivity index (χ4n) is 2.44. The van der Waals surface area contributed by atoms with E-state index in [2.05, 4.69) is 10.2 Å². The first kappa shape index (κ1) is 17.1. The summed E-state index contributed by atoms with van der Waals surface area (Å²) < 4.78 is 77.3. The molecule has 0 N–H and O–H groups in total. The molecule has 0 aliphatic heterocycles. The van der Waals surface area contributed by atoms with Crippen LogP contribution in [0.25, 0.3) is 0 Å². The lowest BCUT2D eigenvalue weighted by Crippen LogP contribution is -2.33. The number of hydrogen-bond donors (Lipinski definition) is 0. The molecule has 0 amide bonds. The Morgan fingerprint density at radius 1 is 1.09 bits per heavy atom. The number of allylic oxidation sites excluding steroid dienone is 2. The number of rotatable bonds is 2. The topological polar surface area (TPSA) is 25.8 Å². The molecular weight excluding hydrogens is 334 g/mol. The molecule has 2 atom stereocenters. The molecule has 9 heteroatoms. The molecule has 1 aliphatic rings. The summed E-state index contributed by atoms with van der Waals surface area (Å²) in [6.07, 6.45) is -10.0. The Morgan fingerprint density at radius 2 is 1.77 bits per heavy atom. The summed E-state index contributed by atoms with van der Waals surface area (Å²) in [6.45, 7) is 0. The van der Waals surface area contributed by atoms with Gasteiger partial charge in [0.2, 0.25) is 0 Å². The standard InChI is InChI=1S/C13H11ClF6N2/c14-6-8-2-4-11(22-21-8)9-3-1-7(12(15,16)17)5-10(9)13(18,19)20/h2,4-5,9-10H,1,3,6H2. The molecule has 0 aromatic carbocycles. The highest BCUT2D eigenvalue weighted by Crippen LogP contribution is 2.47. The highest BCUT2D eigenvalue weighted by Gasteiger charge is 2.49. The van der Waals surface area contributed by atoms with Crippen LogP contribution in [-0.2, 0) is 5.88 Å². The summed E-state index contributed by atoms with van der Waals surface area (Å²) >= 11 is 5.52. The van der Waals surface area contributed by atoms with Gasteiger partial charge < -0.3 is 0 Å². The van der Waals surface area contributed by atoms with Gasteiger partial charge in [-0.2, -0.15) is 36.5 Å². The lowest BCUT2D eigenvalue weighted by atomic mass is 9.78. The first-order valence-electron chi connectivity index (χ1n) is 6.36. The molecule has 2 rings (SSSR count). The summed E-state index contributed by atoms with van der Waals surface area (Å²) in [7, 11) is 0. The highest BCUT2D eigenvalue weighted by atomic mass is 35.5. The van der Waals surface area contributed by atoms with Crippen LogP contribution in [0.5, 0.6) is 0 Å². The van der Waals surface area contributed by atoms with E-state index >= 15 is 0 Å². The van der Waals surface area contributed by atoms with E-state index in [-0.39, 0.29) is 24.1 Å². The molecule has 0 saturated carbocycles. The fraction of sp³-hybridized carbons (Fsp3) is 0.538. The van der Waals surface area contributed by atoms with E-state index in [0.29, 0.717) is 5.69 Å². The predicted octanol–water partition coefficient (Wildman–Crippen LogP) is 4.76.